The molecule has 0 unspecified atom stereocenters. The van der Waals surface area contributed by atoms with E-state index in [1.54, 1.807) is 0 Å². The predicted octanol–water partition coefficient (Wildman–Crippen LogP) is 0.919. The highest BCUT2D eigenvalue weighted by Crippen LogP contribution is 2.20. The first-order chi connectivity index (χ1) is 7.91. The minimum absolute atomic E-state index is 0.0965. The maximum Gasteiger partial charge on any atom is 0.341 e. The molecule has 1 aromatic heterocycles. The summed E-state index contributed by atoms with van der Waals surface area (Å²) in [5, 5.41) is 0. The fourth-order valence-electron chi connectivity index (χ4n) is 1.30. The number of rotatable bonds is 2. The largest absolute Gasteiger partial charge is 0.341 e. The smallest absolute Gasteiger partial charge is 0.319 e. The first-order valence-corrected chi connectivity index (χ1v) is 5.97. The Labute approximate surface area is 94.0 Å². The third-order valence-corrected chi connectivity index (χ3v) is 3.49. The molecule has 0 fully saturated rings. The van der Waals surface area contributed by atoms with Crippen molar-refractivity contribution in [3.05, 3.63) is 34.7 Å². The lowest BCUT2D eigenvalue weighted by Gasteiger charge is -2.03. The Kier molecular flexibility index (Phi) is 2.66. The first-order valence-electron chi connectivity index (χ1n) is 4.42. The zero-order valence-electron chi connectivity index (χ0n) is 8.22. The number of hydrogen-bond donors (Lipinski definition) is 1. The summed E-state index contributed by atoms with van der Waals surface area (Å²) < 4.78 is 47.0. The van der Waals surface area contributed by atoms with Crippen LogP contribution in [-0.2, 0) is 9.84 Å². The maximum atomic E-state index is 12.3. The molecule has 5 nitrogen and oxygen atoms in total. The highest BCUT2D eigenvalue weighted by molar-refractivity contribution is 7.91. The number of alkyl halides is 2. The average molecular weight is 260 g/mol. The van der Waals surface area contributed by atoms with Crippen LogP contribution in [0.15, 0.2) is 34.1 Å². The third kappa shape index (κ3) is 2.03. The molecule has 1 aromatic carbocycles. The topological polar surface area (TPSA) is 79.9 Å². The van der Waals surface area contributed by atoms with E-state index >= 15 is 0 Å². The van der Waals surface area contributed by atoms with Gasteiger partial charge in [-0.05, 0) is 18.2 Å². The van der Waals surface area contributed by atoms with Crippen LogP contribution in [0.25, 0.3) is 11.0 Å². The van der Waals surface area contributed by atoms with Gasteiger partial charge in [-0.2, -0.15) is 8.78 Å². The number of benzene rings is 1. The standard InChI is InChI=1S/C9H6F2N2O3S/c10-9(11)17(15,16)5-1-2-6-7(3-5)13-8(14)4-12-6/h1-4,9H,(H,13,14). The SMILES string of the molecule is O=c1cnc2ccc(S(=O)(=O)C(F)F)cc2[nH]1. The zero-order valence-corrected chi connectivity index (χ0v) is 9.04. The summed E-state index contributed by atoms with van der Waals surface area (Å²) in [5.74, 6) is -3.50. The molecule has 0 saturated heterocycles. The van der Waals surface area contributed by atoms with Gasteiger partial charge in [-0.25, -0.2) is 13.4 Å². The van der Waals surface area contributed by atoms with Gasteiger partial charge >= 0.3 is 5.76 Å². The Bertz CT molecular complexity index is 724. The van der Waals surface area contributed by atoms with Gasteiger partial charge in [0.15, 0.2) is 0 Å². The first kappa shape index (κ1) is 11.6. The van der Waals surface area contributed by atoms with Crippen molar-refractivity contribution in [2.45, 2.75) is 10.7 Å². The summed E-state index contributed by atoms with van der Waals surface area (Å²) in [7, 11) is -4.66. The number of halogens is 2. The normalized spacial score (nSPS) is 12.2. The third-order valence-electron chi connectivity index (χ3n) is 2.11. The average Bonchev–Trinajstić information content (AvgIpc) is 2.27. The Hall–Kier alpha value is -1.83. The molecule has 0 aliphatic carbocycles. The van der Waals surface area contributed by atoms with Crippen molar-refractivity contribution in [3.63, 3.8) is 0 Å². The minimum Gasteiger partial charge on any atom is -0.319 e. The van der Waals surface area contributed by atoms with E-state index in [2.05, 4.69) is 9.97 Å². The number of aromatic nitrogens is 2. The molecule has 0 bridgehead atoms. The molecule has 0 amide bonds. The van der Waals surface area contributed by atoms with Crippen LogP contribution in [0, 0.1) is 0 Å². The monoisotopic (exact) mass is 260 g/mol. The zero-order chi connectivity index (χ0) is 12.6. The molecule has 0 spiro atoms. The number of sulfone groups is 1. The lowest BCUT2D eigenvalue weighted by molar-refractivity contribution is 0.235. The van der Waals surface area contributed by atoms with Crippen molar-refractivity contribution >= 4 is 20.9 Å². The maximum absolute atomic E-state index is 12.3. The van der Waals surface area contributed by atoms with Crippen molar-refractivity contribution in [1.82, 2.24) is 9.97 Å². The summed E-state index contributed by atoms with van der Waals surface area (Å²) >= 11 is 0. The van der Waals surface area contributed by atoms with Gasteiger partial charge in [-0.3, -0.25) is 4.79 Å². The molecule has 0 aliphatic rings. The molecule has 1 N–H and O–H groups in total. The second-order valence-corrected chi connectivity index (χ2v) is 5.15. The van der Waals surface area contributed by atoms with Gasteiger partial charge in [0.05, 0.1) is 22.1 Å². The van der Waals surface area contributed by atoms with Gasteiger partial charge in [0, 0.05) is 0 Å². The van der Waals surface area contributed by atoms with Crippen molar-refractivity contribution < 1.29 is 17.2 Å². The molecule has 0 aliphatic heterocycles. The summed E-state index contributed by atoms with van der Waals surface area (Å²) in [6.07, 6.45) is 1.02. The highest BCUT2D eigenvalue weighted by atomic mass is 32.2. The second-order valence-electron chi connectivity index (χ2n) is 3.23. The fraction of sp³-hybridized carbons (Fsp3) is 0.111. The van der Waals surface area contributed by atoms with Gasteiger partial charge < -0.3 is 4.98 Å². The molecule has 90 valence electrons. The molecule has 2 rings (SSSR count). The van der Waals surface area contributed by atoms with Crippen LogP contribution in [0.1, 0.15) is 0 Å². The van der Waals surface area contributed by atoms with Gasteiger partial charge in [0.25, 0.3) is 5.56 Å². The summed E-state index contributed by atoms with van der Waals surface area (Å²) in [4.78, 5) is 16.4. The Morgan fingerprint density at radius 2 is 2.00 bits per heavy atom. The molecule has 0 saturated carbocycles. The molecular formula is C9H6F2N2O3S. The summed E-state index contributed by atoms with van der Waals surface area (Å²) in [5.41, 5.74) is -0.124. The quantitative estimate of drug-likeness (QED) is 0.870. The Morgan fingerprint density at radius 3 is 2.65 bits per heavy atom. The molecular weight excluding hydrogens is 254 g/mol. The number of H-pyrrole nitrogens is 1. The van der Waals surface area contributed by atoms with Gasteiger partial charge in [0.2, 0.25) is 9.84 Å². The lowest BCUT2D eigenvalue weighted by Crippen LogP contribution is -2.12. The van der Waals surface area contributed by atoms with Crippen LogP contribution in [-0.4, -0.2) is 24.1 Å². The summed E-state index contributed by atoms with van der Waals surface area (Å²) in [6, 6.07) is 3.24. The Morgan fingerprint density at radius 1 is 1.29 bits per heavy atom. The van der Waals surface area contributed by atoms with E-state index in [-0.39, 0.29) is 5.52 Å². The van der Waals surface area contributed by atoms with E-state index in [1.807, 2.05) is 0 Å². The number of aromatic amines is 1. The molecule has 0 atom stereocenters. The number of hydrogen-bond acceptors (Lipinski definition) is 4. The second kappa shape index (κ2) is 3.88. The molecule has 0 radical (unpaired) electrons. The molecule has 1 heterocycles. The molecule has 17 heavy (non-hydrogen) atoms. The molecule has 2 aromatic rings. The van der Waals surface area contributed by atoms with Gasteiger partial charge in [-0.1, -0.05) is 0 Å². The van der Waals surface area contributed by atoms with E-state index < -0.39 is 26.0 Å². The summed E-state index contributed by atoms with van der Waals surface area (Å²) in [6.45, 7) is 0. The van der Waals surface area contributed by atoms with E-state index in [0.29, 0.717) is 5.52 Å². The highest BCUT2D eigenvalue weighted by Gasteiger charge is 2.26. The van der Waals surface area contributed by atoms with Crippen molar-refractivity contribution in [2.75, 3.05) is 0 Å². The van der Waals surface area contributed by atoms with Crippen LogP contribution in [0.5, 0.6) is 0 Å². The van der Waals surface area contributed by atoms with E-state index in [4.69, 9.17) is 0 Å². The molecule has 8 heteroatoms. The van der Waals surface area contributed by atoms with E-state index in [9.17, 15) is 22.0 Å². The van der Waals surface area contributed by atoms with E-state index in [1.165, 1.54) is 6.07 Å². The lowest BCUT2D eigenvalue weighted by atomic mass is 10.3. The Balaban J connectivity index is 2.71. The van der Waals surface area contributed by atoms with Crippen molar-refractivity contribution in [1.29, 1.82) is 0 Å². The number of nitrogens with one attached hydrogen (secondary N) is 1. The van der Waals surface area contributed by atoms with Crippen molar-refractivity contribution in [2.24, 2.45) is 0 Å². The van der Waals surface area contributed by atoms with Crippen LogP contribution >= 0.6 is 0 Å². The predicted molar refractivity (Wildman–Crippen MR) is 55.6 cm³/mol. The fourth-order valence-corrected chi connectivity index (χ4v) is 2.05. The van der Waals surface area contributed by atoms with E-state index in [0.717, 1.165) is 18.3 Å². The number of fused-ring (bicyclic) bond motifs is 1. The van der Waals surface area contributed by atoms with Gasteiger partial charge in [-0.15, -0.1) is 0 Å². The minimum atomic E-state index is -4.66. The van der Waals surface area contributed by atoms with Crippen molar-refractivity contribution in [3.8, 4) is 0 Å². The van der Waals surface area contributed by atoms with Gasteiger partial charge in [0.1, 0.15) is 0 Å². The van der Waals surface area contributed by atoms with Crippen LogP contribution in [0.4, 0.5) is 8.78 Å². The van der Waals surface area contributed by atoms with Crippen LogP contribution in [0.2, 0.25) is 0 Å². The van der Waals surface area contributed by atoms with Crippen LogP contribution < -0.4 is 5.56 Å². The van der Waals surface area contributed by atoms with Crippen LogP contribution in [0.3, 0.4) is 0 Å². The number of nitrogens with zero attached hydrogens (tertiary/aromatic N) is 1.